The summed E-state index contributed by atoms with van der Waals surface area (Å²) < 4.78 is 1.91. The highest BCUT2D eigenvalue weighted by Gasteiger charge is 2.26. The first-order chi connectivity index (χ1) is 7.66. The van der Waals surface area contributed by atoms with Gasteiger partial charge < -0.3 is 0 Å². The average Bonchev–Trinajstić information content (AvgIpc) is 2.82. The van der Waals surface area contributed by atoms with Crippen LogP contribution in [0.1, 0.15) is 44.7 Å². The zero-order valence-corrected chi connectivity index (χ0v) is 10.7. The van der Waals surface area contributed by atoms with Gasteiger partial charge in [-0.1, -0.05) is 13.8 Å². The second-order valence-electron chi connectivity index (χ2n) is 5.32. The molecule has 0 unspecified atom stereocenters. The van der Waals surface area contributed by atoms with Gasteiger partial charge in [0, 0.05) is 24.8 Å². The standard InChI is InChI=1S/C13H23N3/c1-11(2)6-8-16-7-4-5-13(16)12-9-14-15(3)10-12/h9-11,13H,4-8H2,1-3H3/t13-/m1/s1. The monoisotopic (exact) mass is 221 g/mol. The molecule has 0 radical (unpaired) electrons. The highest BCUT2D eigenvalue weighted by Crippen LogP contribution is 2.31. The van der Waals surface area contributed by atoms with Crippen molar-refractivity contribution in [2.24, 2.45) is 13.0 Å². The smallest absolute Gasteiger partial charge is 0.0537 e. The van der Waals surface area contributed by atoms with E-state index in [0.717, 1.165) is 5.92 Å². The summed E-state index contributed by atoms with van der Waals surface area (Å²) in [5.74, 6) is 0.801. The molecule has 90 valence electrons. The van der Waals surface area contributed by atoms with Gasteiger partial charge >= 0.3 is 0 Å². The van der Waals surface area contributed by atoms with Gasteiger partial charge in [-0.15, -0.1) is 0 Å². The fourth-order valence-corrected chi connectivity index (χ4v) is 2.51. The Balaban J connectivity index is 1.98. The van der Waals surface area contributed by atoms with E-state index in [9.17, 15) is 0 Å². The van der Waals surface area contributed by atoms with Gasteiger partial charge in [-0.05, 0) is 38.3 Å². The zero-order chi connectivity index (χ0) is 11.5. The van der Waals surface area contributed by atoms with Crippen LogP contribution in [0.2, 0.25) is 0 Å². The van der Waals surface area contributed by atoms with Gasteiger partial charge in [0.1, 0.15) is 0 Å². The normalized spacial score (nSPS) is 22.1. The summed E-state index contributed by atoms with van der Waals surface area (Å²) >= 11 is 0. The van der Waals surface area contributed by atoms with Gasteiger partial charge in [-0.25, -0.2) is 0 Å². The minimum absolute atomic E-state index is 0.618. The van der Waals surface area contributed by atoms with E-state index in [-0.39, 0.29) is 0 Å². The van der Waals surface area contributed by atoms with E-state index in [1.165, 1.54) is 37.9 Å². The Hall–Kier alpha value is -0.830. The van der Waals surface area contributed by atoms with Crippen LogP contribution in [0.4, 0.5) is 0 Å². The Morgan fingerprint density at radius 3 is 2.94 bits per heavy atom. The molecule has 1 aromatic rings. The van der Waals surface area contributed by atoms with Gasteiger partial charge in [0.05, 0.1) is 6.20 Å². The number of rotatable bonds is 4. The second kappa shape index (κ2) is 5.00. The molecule has 0 N–H and O–H groups in total. The number of hydrogen-bond acceptors (Lipinski definition) is 2. The first-order valence-electron chi connectivity index (χ1n) is 6.39. The van der Waals surface area contributed by atoms with Crippen molar-refractivity contribution < 1.29 is 0 Å². The van der Waals surface area contributed by atoms with E-state index in [1.807, 2.05) is 17.9 Å². The molecule has 16 heavy (non-hydrogen) atoms. The van der Waals surface area contributed by atoms with Crippen LogP contribution in [0.15, 0.2) is 12.4 Å². The summed E-state index contributed by atoms with van der Waals surface area (Å²) in [5, 5.41) is 4.28. The van der Waals surface area contributed by atoms with Crippen LogP contribution >= 0.6 is 0 Å². The Kier molecular flexibility index (Phi) is 3.64. The molecule has 0 bridgehead atoms. The summed E-state index contributed by atoms with van der Waals surface area (Å²) in [6.45, 7) is 7.09. The predicted octanol–water partition coefficient (Wildman–Crippen LogP) is 2.60. The van der Waals surface area contributed by atoms with E-state index in [0.29, 0.717) is 6.04 Å². The van der Waals surface area contributed by atoms with Crippen molar-refractivity contribution in [1.82, 2.24) is 14.7 Å². The third-order valence-electron chi connectivity index (χ3n) is 3.47. The van der Waals surface area contributed by atoms with Crippen molar-refractivity contribution in [3.63, 3.8) is 0 Å². The molecule has 0 amide bonds. The first-order valence-corrected chi connectivity index (χ1v) is 6.39. The number of hydrogen-bond donors (Lipinski definition) is 0. The maximum atomic E-state index is 4.28. The van der Waals surface area contributed by atoms with Crippen molar-refractivity contribution in [2.45, 2.75) is 39.2 Å². The molecule has 0 saturated carbocycles. The summed E-state index contributed by atoms with van der Waals surface area (Å²) in [6.07, 6.45) is 8.12. The summed E-state index contributed by atoms with van der Waals surface area (Å²) in [5.41, 5.74) is 1.39. The van der Waals surface area contributed by atoms with Crippen molar-refractivity contribution in [3.05, 3.63) is 18.0 Å². The second-order valence-corrected chi connectivity index (χ2v) is 5.32. The van der Waals surface area contributed by atoms with Crippen LogP contribution in [0.3, 0.4) is 0 Å². The first kappa shape index (κ1) is 11.6. The van der Waals surface area contributed by atoms with Crippen LogP contribution in [0, 0.1) is 5.92 Å². The molecule has 3 nitrogen and oxygen atoms in total. The van der Waals surface area contributed by atoms with Crippen molar-refractivity contribution in [3.8, 4) is 0 Å². The maximum absolute atomic E-state index is 4.28. The van der Waals surface area contributed by atoms with Crippen LogP contribution in [-0.4, -0.2) is 27.8 Å². The number of likely N-dealkylation sites (tertiary alicyclic amines) is 1. The highest BCUT2D eigenvalue weighted by molar-refractivity contribution is 5.12. The van der Waals surface area contributed by atoms with E-state index in [4.69, 9.17) is 0 Å². The molecule has 2 heterocycles. The summed E-state index contributed by atoms with van der Waals surface area (Å²) in [4.78, 5) is 2.62. The molecule has 0 aromatic carbocycles. The third kappa shape index (κ3) is 2.64. The van der Waals surface area contributed by atoms with E-state index in [1.54, 1.807) is 0 Å². The van der Waals surface area contributed by atoms with Gasteiger partial charge in [-0.3, -0.25) is 9.58 Å². The van der Waals surface area contributed by atoms with Crippen LogP contribution < -0.4 is 0 Å². The number of nitrogens with zero attached hydrogens (tertiary/aromatic N) is 3. The van der Waals surface area contributed by atoms with Crippen molar-refractivity contribution in [1.29, 1.82) is 0 Å². The molecule has 0 spiro atoms. The maximum Gasteiger partial charge on any atom is 0.0537 e. The molecule has 1 fully saturated rings. The molecule has 1 aliphatic rings. The van der Waals surface area contributed by atoms with Crippen molar-refractivity contribution >= 4 is 0 Å². The molecule has 1 saturated heterocycles. The molecular weight excluding hydrogens is 198 g/mol. The minimum atomic E-state index is 0.618. The lowest BCUT2D eigenvalue weighted by atomic mass is 10.1. The molecule has 1 aromatic heterocycles. The lowest BCUT2D eigenvalue weighted by Gasteiger charge is -2.24. The summed E-state index contributed by atoms with van der Waals surface area (Å²) in [6, 6.07) is 0.618. The minimum Gasteiger partial charge on any atom is -0.296 e. The largest absolute Gasteiger partial charge is 0.296 e. The molecule has 1 aliphatic heterocycles. The van der Waals surface area contributed by atoms with Gasteiger partial charge in [0.2, 0.25) is 0 Å². The Bertz CT molecular complexity index is 330. The molecular formula is C13H23N3. The lowest BCUT2D eigenvalue weighted by Crippen LogP contribution is -2.25. The Morgan fingerprint density at radius 1 is 1.50 bits per heavy atom. The Morgan fingerprint density at radius 2 is 2.31 bits per heavy atom. The average molecular weight is 221 g/mol. The number of aromatic nitrogens is 2. The molecule has 3 heteroatoms. The van der Waals surface area contributed by atoms with Crippen LogP contribution in [-0.2, 0) is 7.05 Å². The fourth-order valence-electron chi connectivity index (χ4n) is 2.51. The van der Waals surface area contributed by atoms with E-state index < -0.39 is 0 Å². The SMILES string of the molecule is CC(C)CCN1CCC[C@@H]1c1cnn(C)c1. The van der Waals surface area contributed by atoms with Crippen LogP contribution in [0.5, 0.6) is 0 Å². The highest BCUT2D eigenvalue weighted by atomic mass is 15.3. The molecule has 0 aliphatic carbocycles. The summed E-state index contributed by atoms with van der Waals surface area (Å²) in [7, 11) is 2.00. The molecule has 1 atom stereocenters. The van der Waals surface area contributed by atoms with Gasteiger partial charge in [0.25, 0.3) is 0 Å². The predicted molar refractivity (Wildman–Crippen MR) is 66.2 cm³/mol. The van der Waals surface area contributed by atoms with E-state index in [2.05, 4.69) is 30.0 Å². The van der Waals surface area contributed by atoms with Gasteiger partial charge in [0.15, 0.2) is 0 Å². The zero-order valence-electron chi connectivity index (χ0n) is 10.7. The van der Waals surface area contributed by atoms with Crippen LogP contribution in [0.25, 0.3) is 0 Å². The van der Waals surface area contributed by atoms with E-state index >= 15 is 0 Å². The third-order valence-corrected chi connectivity index (χ3v) is 3.47. The lowest BCUT2D eigenvalue weighted by molar-refractivity contribution is 0.242. The quantitative estimate of drug-likeness (QED) is 0.779. The topological polar surface area (TPSA) is 21.1 Å². The van der Waals surface area contributed by atoms with Gasteiger partial charge in [-0.2, -0.15) is 5.10 Å². The number of aryl methyl sites for hydroxylation is 1. The Labute approximate surface area is 98.4 Å². The molecule has 2 rings (SSSR count). The van der Waals surface area contributed by atoms with Crippen molar-refractivity contribution in [2.75, 3.05) is 13.1 Å². The fraction of sp³-hybridized carbons (Fsp3) is 0.769.